The Morgan fingerprint density at radius 3 is 2.79 bits per heavy atom. The number of hydrogen-bond acceptors (Lipinski definition) is 3. The number of ether oxygens (including phenoxy) is 1. The Bertz CT molecular complexity index is 876. The number of hydrazone groups is 1. The number of fused-ring (bicyclic) bond motifs is 1. The van der Waals surface area contributed by atoms with Crippen molar-refractivity contribution < 1.29 is 9.53 Å². The lowest BCUT2D eigenvalue weighted by molar-refractivity contribution is -0.123. The van der Waals surface area contributed by atoms with E-state index in [4.69, 9.17) is 4.74 Å². The maximum Gasteiger partial charge on any atom is 0.277 e. The van der Waals surface area contributed by atoms with Gasteiger partial charge < -0.3 is 9.72 Å². The van der Waals surface area contributed by atoms with Crippen LogP contribution in [0.15, 0.2) is 53.8 Å². The monoisotopic (exact) mass is 321 g/mol. The molecule has 0 spiro atoms. The van der Waals surface area contributed by atoms with Gasteiger partial charge in [-0.15, -0.1) is 0 Å². The van der Waals surface area contributed by atoms with Crippen molar-refractivity contribution in [2.75, 3.05) is 6.61 Å². The molecule has 0 aliphatic heterocycles. The van der Waals surface area contributed by atoms with Crippen molar-refractivity contribution >= 4 is 23.0 Å². The molecule has 0 fully saturated rings. The molecule has 0 aliphatic rings. The molecule has 5 nitrogen and oxygen atoms in total. The van der Waals surface area contributed by atoms with Gasteiger partial charge in [-0.2, -0.15) is 5.10 Å². The normalized spacial score (nSPS) is 11.1. The molecule has 122 valence electrons. The summed E-state index contributed by atoms with van der Waals surface area (Å²) in [4.78, 5) is 15.0. The van der Waals surface area contributed by atoms with Gasteiger partial charge in [-0.05, 0) is 48.1 Å². The van der Waals surface area contributed by atoms with Crippen molar-refractivity contribution in [3.63, 3.8) is 0 Å². The number of benzene rings is 2. The number of aromatic nitrogens is 1. The number of rotatable bonds is 5. The van der Waals surface area contributed by atoms with Gasteiger partial charge in [-0.3, -0.25) is 4.79 Å². The first kappa shape index (κ1) is 15.8. The van der Waals surface area contributed by atoms with Crippen LogP contribution in [0.2, 0.25) is 0 Å². The third-order valence-corrected chi connectivity index (χ3v) is 3.74. The molecule has 3 rings (SSSR count). The van der Waals surface area contributed by atoms with Gasteiger partial charge in [0.2, 0.25) is 0 Å². The first-order valence-electron chi connectivity index (χ1n) is 7.71. The van der Waals surface area contributed by atoms with Crippen molar-refractivity contribution in [3.8, 4) is 5.75 Å². The Kier molecular flexibility index (Phi) is 4.61. The van der Waals surface area contributed by atoms with Crippen LogP contribution in [0, 0.1) is 13.8 Å². The van der Waals surface area contributed by atoms with Crippen LogP contribution in [0.1, 0.15) is 16.7 Å². The second-order valence-corrected chi connectivity index (χ2v) is 5.63. The van der Waals surface area contributed by atoms with E-state index in [2.05, 4.69) is 15.5 Å². The Balaban J connectivity index is 1.55. The summed E-state index contributed by atoms with van der Waals surface area (Å²) >= 11 is 0. The predicted octanol–water partition coefficient (Wildman–Crippen LogP) is 3.31. The topological polar surface area (TPSA) is 66.5 Å². The third kappa shape index (κ3) is 3.63. The summed E-state index contributed by atoms with van der Waals surface area (Å²) < 4.78 is 5.59. The molecule has 0 radical (unpaired) electrons. The molecule has 24 heavy (non-hydrogen) atoms. The second-order valence-electron chi connectivity index (χ2n) is 5.63. The van der Waals surface area contributed by atoms with Crippen LogP contribution in [0.25, 0.3) is 10.9 Å². The van der Waals surface area contributed by atoms with Gasteiger partial charge in [0.1, 0.15) is 5.75 Å². The summed E-state index contributed by atoms with van der Waals surface area (Å²) in [5, 5.41) is 5.11. The van der Waals surface area contributed by atoms with E-state index in [1.165, 1.54) is 0 Å². The number of nitrogens with zero attached hydrogens (tertiary/aromatic N) is 1. The summed E-state index contributed by atoms with van der Waals surface area (Å²) in [7, 11) is 0. The first-order valence-corrected chi connectivity index (χ1v) is 7.71. The summed E-state index contributed by atoms with van der Waals surface area (Å²) in [5.41, 5.74) is 6.42. The third-order valence-electron chi connectivity index (χ3n) is 3.74. The number of para-hydroxylation sites is 1. The lowest BCUT2D eigenvalue weighted by atomic mass is 10.1. The molecule has 0 atom stereocenters. The number of nitrogens with one attached hydrogen (secondary N) is 2. The minimum atomic E-state index is -0.296. The molecule has 1 amide bonds. The molecule has 0 aliphatic carbocycles. The molecule has 3 aromatic rings. The van der Waals surface area contributed by atoms with Gasteiger partial charge in [-0.25, -0.2) is 5.43 Å². The van der Waals surface area contributed by atoms with Crippen molar-refractivity contribution in [2.24, 2.45) is 5.10 Å². The van der Waals surface area contributed by atoms with E-state index in [-0.39, 0.29) is 12.5 Å². The Morgan fingerprint density at radius 1 is 1.21 bits per heavy atom. The molecule has 5 heteroatoms. The van der Waals surface area contributed by atoms with Gasteiger partial charge in [0.15, 0.2) is 6.61 Å². The average molecular weight is 321 g/mol. The van der Waals surface area contributed by atoms with Crippen LogP contribution in [0.4, 0.5) is 0 Å². The van der Waals surface area contributed by atoms with Crippen LogP contribution < -0.4 is 10.2 Å². The van der Waals surface area contributed by atoms with E-state index in [0.717, 1.165) is 33.3 Å². The SMILES string of the molecule is Cc1cccc(C)c1OCC(=O)NN=Cc1ccc2cc[nH]c2c1. The predicted molar refractivity (Wildman–Crippen MR) is 95.4 cm³/mol. The highest BCUT2D eigenvalue weighted by molar-refractivity contribution is 5.89. The Hall–Kier alpha value is -3.08. The number of hydrogen-bond donors (Lipinski definition) is 2. The molecule has 2 N–H and O–H groups in total. The Labute approximate surface area is 140 Å². The molecular weight excluding hydrogens is 302 g/mol. The van der Waals surface area contributed by atoms with E-state index in [9.17, 15) is 4.79 Å². The summed E-state index contributed by atoms with van der Waals surface area (Å²) in [6, 6.07) is 13.8. The van der Waals surface area contributed by atoms with Gasteiger partial charge >= 0.3 is 0 Å². The molecule has 0 bridgehead atoms. The fourth-order valence-electron chi connectivity index (χ4n) is 2.52. The largest absolute Gasteiger partial charge is 0.483 e. The lowest BCUT2D eigenvalue weighted by Gasteiger charge is -2.10. The number of carbonyl (C=O) groups excluding carboxylic acids is 1. The Morgan fingerprint density at radius 2 is 2.00 bits per heavy atom. The fraction of sp³-hybridized carbons (Fsp3) is 0.158. The smallest absolute Gasteiger partial charge is 0.277 e. The molecule has 0 saturated carbocycles. The van der Waals surface area contributed by atoms with E-state index >= 15 is 0 Å². The highest BCUT2D eigenvalue weighted by Gasteiger charge is 2.06. The summed E-state index contributed by atoms with van der Waals surface area (Å²) in [5.74, 6) is 0.448. The quantitative estimate of drug-likeness (QED) is 0.559. The van der Waals surface area contributed by atoms with Crippen LogP contribution in [-0.2, 0) is 4.79 Å². The number of H-pyrrole nitrogens is 1. The minimum absolute atomic E-state index is 0.0707. The lowest BCUT2D eigenvalue weighted by Crippen LogP contribution is -2.25. The van der Waals surface area contributed by atoms with Crippen molar-refractivity contribution in [1.29, 1.82) is 0 Å². The number of carbonyl (C=O) groups is 1. The zero-order valence-corrected chi connectivity index (χ0v) is 13.7. The summed E-state index contributed by atoms with van der Waals surface area (Å²) in [6.45, 7) is 3.84. The molecule has 1 aromatic heterocycles. The maximum atomic E-state index is 11.8. The number of aromatic amines is 1. The van der Waals surface area contributed by atoms with Crippen LogP contribution in [-0.4, -0.2) is 23.7 Å². The van der Waals surface area contributed by atoms with Crippen LogP contribution in [0.5, 0.6) is 5.75 Å². The van der Waals surface area contributed by atoms with Gasteiger partial charge in [0, 0.05) is 11.7 Å². The minimum Gasteiger partial charge on any atom is -0.483 e. The van der Waals surface area contributed by atoms with Gasteiger partial charge in [0.25, 0.3) is 5.91 Å². The summed E-state index contributed by atoms with van der Waals surface area (Å²) in [6.07, 6.45) is 3.50. The number of aryl methyl sites for hydroxylation is 2. The second kappa shape index (κ2) is 7.00. The molecular formula is C19H19N3O2. The van der Waals surface area contributed by atoms with Crippen molar-refractivity contribution in [2.45, 2.75) is 13.8 Å². The highest BCUT2D eigenvalue weighted by Crippen LogP contribution is 2.22. The molecule has 2 aromatic carbocycles. The van der Waals surface area contributed by atoms with E-state index in [0.29, 0.717) is 0 Å². The zero-order valence-electron chi connectivity index (χ0n) is 13.7. The van der Waals surface area contributed by atoms with E-state index in [1.54, 1.807) is 6.21 Å². The van der Waals surface area contributed by atoms with Crippen molar-refractivity contribution in [1.82, 2.24) is 10.4 Å². The number of amides is 1. The van der Waals surface area contributed by atoms with Crippen molar-refractivity contribution in [3.05, 3.63) is 65.4 Å². The average Bonchev–Trinajstić information content (AvgIpc) is 3.02. The van der Waals surface area contributed by atoms with E-state index in [1.807, 2.05) is 62.5 Å². The zero-order chi connectivity index (χ0) is 16.9. The fourth-order valence-corrected chi connectivity index (χ4v) is 2.52. The molecule has 0 saturated heterocycles. The molecule has 1 heterocycles. The first-order chi connectivity index (χ1) is 11.6. The standard InChI is InChI=1S/C19H19N3O2/c1-13-4-3-5-14(2)19(13)24-12-18(23)22-21-11-15-6-7-16-8-9-20-17(16)10-15/h3-11,20H,12H2,1-2H3,(H,22,23). The van der Waals surface area contributed by atoms with Gasteiger partial charge in [-0.1, -0.05) is 30.3 Å². The maximum absolute atomic E-state index is 11.8. The molecule has 0 unspecified atom stereocenters. The van der Waals surface area contributed by atoms with Gasteiger partial charge in [0.05, 0.1) is 6.21 Å². The van der Waals surface area contributed by atoms with E-state index < -0.39 is 0 Å². The van der Waals surface area contributed by atoms with Crippen LogP contribution in [0.3, 0.4) is 0 Å². The highest BCUT2D eigenvalue weighted by atomic mass is 16.5. The van der Waals surface area contributed by atoms with Crippen LogP contribution >= 0.6 is 0 Å².